The van der Waals surface area contributed by atoms with Crippen LogP contribution in [0.4, 0.5) is 10.9 Å². The zero-order chi connectivity index (χ0) is 41.0. The molecule has 0 saturated carbocycles. The van der Waals surface area contributed by atoms with E-state index in [1.165, 1.54) is 16.9 Å². The Kier molecular flexibility index (Phi) is 12.6. The molecule has 1 fully saturated rings. The number of carbonyl (C=O) groups excluding carboxylic acids is 2. The van der Waals surface area contributed by atoms with Gasteiger partial charge in [-0.25, -0.2) is 14.8 Å². The summed E-state index contributed by atoms with van der Waals surface area (Å²) in [6, 6.07) is 21.9. The molecule has 0 bridgehead atoms. The second kappa shape index (κ2) is 17.8. The molecule has 1 saturated heterocycles. The van der Waals surface area contributed by atoms with Crippen molar-refractivity contribution in [2.24, 2.45) is 0 Å². The molecule has 7 rings (SSSR count). The number of fused-ring (bicyclic) bond motifs is 2. The fraction of sp³-hybridized carbons (Fsp3) is 0.413. The number of carbonyl (C=O) groups is 3. The minimum Gasteiger partial charge on any atom is -0.476 e. The Balaban J connectivity index is 1.09. The molecule has 58 heavy (non-hydrogen) atoms. The lowest BCUT2D eigenvalue weighted by Gasteiger charge is -2.34. The summed E-state index contributed by atoms with van der Waals surface area (Å²) < 4.78 is 6.12. The fourth-order valence-electron chi connectivity index (χ4n) is 8.23. The third-order valence-corrected chi connectivity index (χ3v) is 12.3. The SMILES string of the molecule is CCOC(=O)CN1CCN(CCCCc2cccc(-c3c(C(C)(C)C)cc(N4CCc5cccc(C(=O)Nc6nc7ccccc7s6)c5C4)nc3C(=O)O)c2C)CC1. The molecular weight excluding hydrogens is 749 g/mol. The largest absolute Gasteiger partial charge is 0.476 e. The second-order valence-corrected chi connectivity index (χ2v) is 17.4. The van der Waals surface area contributed by atoms with Gasteiger partial charge < -0.3 is 19.6 Å². The van der Waals surface area contributed by atoms with E-state index in [4.69, 9.17) is 9.72 Å². The number of unbranched alkanes of at least 4 members (excludes halogenated alkanes) is 1. The minimum atomic E-state index is -1.07. The van der Waals surface area contributed by atoms with Crippen molar-refractivity contribution in [3.63, 3.8) is 0 Å². The van der Waals surface area contributed by atoms with Crippen molar-refractivity contribution in [2.45, 2.75) is 72.3 Å². The molecule has 3 aromatic carbocycles. The summed E-state index contributed by atoms with van der Waals surface area (Å²) >= 11 is 1.44. The molecule has 11 nitrogen and oxygen atoms in total. The van der Waals surface area contributed by atoms with Gasteiger partial charge >= 0.3 is 11.9 Å². The molecule has 2 N–H and O–H groups in total. The minimum absolute atomic E-state index is 0.0393. The van der Waals surface area contributed by atoms with Crippen LogP contribution in [0.3, 0.4) is 0 Å². The van der Waals surface area contributed by atoms with Crippen molar-refractivity contribution < 1.29 is 24.2 Å². The lowest BCUT2D eigenvalue weighted by Crippen LogP contribution is -2.48. The van der Waals surface area contributed by atoms with Crippen LogP contribution in [-0.4, -0.2) is 95.1 Å². The predicted molar refractivity (Wildman–Crippen MR) is 231 cm³/mol. The van der Waals surface area contributed by atoms with Crippen LogP contribution in [0.1, 0.15) is 89.2 Å². The number of anilines is 2. The molecule has 5 aromatic rings. The maximum absolute atomic E-state index is 13.7. The molecule has 304 valence electrons. The number of hydrogen-bond donors (Lipinski definition) is 2. The first-order chi connectivity index (χ1) is 27.9. The number of carboxylic acid groups (broad SMARTS) is 1. The number of thiazole rings is 1. The van der Waals surface area contributed by atoms with Crippen LogP contribution in [0.5, 0.6) is 0 Å². The molecule has 4 heterocycles. The monoisotopic (exact) mass is 802 g/mol. The summed E-state index contributed by atoms with van der Waals surface area (Å²) in [7, 11) is 0. The van der Waals surface area contributed by atoms with Gasteiger partial charge in [-0.2, -0.15) is 0 Å². The Morgan fingerprint density at radius 2 is 1.67 bits per heavy atom. The molecule has 0 atom stereocenters. The standard InChI is InChI=1S/C46H54N6O5S/c1-6-57-40(53)29-51-25-23-50(24-26-51)21-10-9-13-31-14-11-16-33(30(31)2)41-36(46(3,4)5)27-39(48-42(41)44(55)56)52-22-20-32-15-12-17-34(35(32)28-52)43(54)49-45-47-37-18-7-8-19-38(37)58-45/h7-8,11-12,14-19,27H,6,9-10,13,20-26,28-29H2,1-5H3,(H,55,56)(H,47,49,54). The fourth-order valence-corrected chi connectivity index (χ4v) is 9.09. The first-order valence-electron chi connectivity index (χ1n) is 20.4. The number of hydrogen-bond acceptors (Lipinski definition) is 10. The van der Waals surface area contributed by atoms with Gasteiger partial charge in [-0.1, -0.05) is 74.6 Å². The lowest BCUT2D eigenvalue weighted by atomic mass is 9.79. The van der Waals surface area contributed by atoms with Crippen molar-refractivity contribution in [3.05, 3.63) is 106 Å². The number of carboxylic acids is 1. The van der Waals surface area contributed by atoms with Crippen molar-refractivity contribution in [1.29, 1.82) is 0 Å². The smallest absolute Gasteiger partial charge is 0.355 e. The molecule has 12 heteroatoms. The van der Waals surface area contributed by atoms with E-state index in [0.29, 0.717) is 54.7 Å². The third-order valence-electron chi connectivity index (χ3n) is 11.4. The van der Waals surface area contributed by atoms with E-state index < -0.39 is 11.4 Å². The summed E-state index contributed by atoms with van der Waals surface area (Å²) in [5.41, 5.74) is 7.84. The second-order valence-electron chi connectivity index (χ2n) is 16.3. The summed E-state index contributed by atoms with van der Waals surface area (Å²) in [4.78, 5) is 55.0. The van der Waals surface area contributed by atoms with Crippen molar-refractivity contribution in [1.82, 2.24) is 19.8 Å². The van der Waals surface area contributed by atoms with Crippen LogP contribution in [0.2, 0.25) is 0 Å². The van der Waals surface area contributed by atoms with Crippen molar-refractivity contribution in [3.8, 4) is 11.1 Å². The van der Waals surface area contributed by atoms with E-state index in [1.807, 2.05) is 55.5 Å². The van der Waals surface area contributed by atoms with Gasteiger partial charge in [-0.3, -0.25) is 19.8 Å². The summed E-state index contributed by atoms with van der Waals surface area (Å²) in [5, 5.41) is 14.3. The predicted octanol–water partition coefficient (Wildman–Crippen LogP) is 7.98. The molecular formula is C46H54N6O5S. The van der Waals surface area contributed by atoms with E-state index in [9.17, 15) is 19.5 Å². The highest BCUT2D eigenvalue weighted by molar-refractivity contribution is 7.22. The van der Waals surface area contributed by atoms with Crippen LogP contribution in [-0.2, 0) is 34.3 Å². The van der Waals surface area contributed by atoms with Gasteiger partial charge in [0.2, 0.25) is 0 Å². The number of aryl methyl sites for hydroxylation is 1. The highest BCUT2D eigenvalue weighted by Gasteiger charge is 2.31. The zero-order valence-electron chi connectivity index (χ0n) is 34.3. The molecule has 0 spiro atoms. The molecule has 1 amide bonds. The van der Waals surface area contributed by atoms with E-state index >= 15 is 0 Å². The number of piperazine rings is 1. The summed E-state index contributed by atoms with van der Waals surface area (Å²) in [6.45, 7) is 16.7. The molecule has 2 aliphatic rings. The van der Waals surface area contributed by atoms with E-state index in [1.54, 1.807) is 0 Å². The molecule has 2 aliphatic heterocycles. The number of benzene rings is 3. The average molecular weight is 803 g/mol. The lowest BCUT2D eigenvalue weighted by molar-refractivity contribution is -0.144. The Hall–Kier alpha value is -5.17. The van der Waals surface area contributed by atoms with Gasteiger partial charge in [0.05, 0.1) is 23.4 Å². The molecule has 0 aliphatic carbocycles. The number of nitrogens with zero attached hydrogens (tertiary/aromatic N) is 5. The zero-order valence-corrected chi connectivity index (χ0v) is 35.1. The highest BCUT2D eigenvalue weighted by atomic mass is 32.1. The Labute approximate surface area is 345 Å². The quantitative estimate of drug-likeness (QED) is 0.0894. The normalized spacial score (nSPS) is 15.0. The van der Waals surface area contributed by atoms with Crippen LogP contribution in [0, 0.1) is 6.92 Å². The van der Waals surface area contributed by atoms with Gasteiger partial charge in [0.1, 0.15) is 5.82 Å². The summed E-state index contributed by atoms with van der Waals surface area (Å²) in [6.07, 6.45) is 3.65. The number of para-hydroxylation sites is 1. The van der Waals surface area contributed by atoms with Crippen molar-refractivity contribution in [2.75, 3.05) is 62.6 Å². The number of rotatable bonds is 13. The van der Waals surface area contributed by atoms with Gasteiger partial charge in [-0.05, 0) is 109 Å². The topological polar surface area (TPSA) is 128 Å². The number of ether oxygens (including phenoxy) is 1. The number of aromatic carboxylic acids is 1. The van der Waals surface area contributed by atoms with Crippen LogP contribution in [0.15, 0.2) is 66.7 Å². The van der Waals surface area contributed by atoms with Crippen LogP contribution >= 0.6 is 11.3 Å². The van der Waals surface area contributed by atoms with Gasteiger partial charge in [-0.15, -0.1) is 0 Å². The van der Waals surface area contributed by atoms with Gasteiger partial charge in [0.25, 0.3) is 5.91 Å². The van der Waals surface area contributed by atoms with Gasteiger partial charge in [0, 0.05) is 50.4 Å². The number of pyridine rings is 1. The maximum Gasteiger partial charge on any atom is 0.355 e. The number of esters is 1. The molecule has 2 aromatic heterocycles. The number of nitrogens with one attached hydrogen (secondary N) is 1. The van der Waals surface area contributed by atoms with Gasteiger partial charge in [0.15, 0.2) is 10.8 Å². The van der Waals surface area contributed by atoms with Crippen molar-refractivity contribution >= 4 is 50.3 Å². The van der Waals surface area contributed by atoms with E-state index in [2.05, 4.69) is 70.9 Å². The Morgan fingerprint density at radius 1 is 0.914 bits per heavy atom. The Morgan fingerprint density at radius 3 is 2.41 bits per heavy atom. The summed E-state index contributed by atoms with van der Waals surface area (Å²) in [5.74, 6) is -0.850. The maximum atomic E-state index is 13.7. The van der Waals surface area contributed by atoms with E-state index in [-0.39, 0.29) is 17.6 Å². The number of amides is 1. The first kappa shape index (κ1) is 41.0. The molecule has 0 radical (unpaired) electrons. The van der Waals surface area contributed by atoms with Crippen LogP contribution in [0.25, 0.3) is 21.3 Å². The molecule has 0 unspecified atom stereocenters. The highest BCUT2D eigenvalue weighted by Crippen LogP contribution is 2.40. The first-order valence-corrected chi connectivity index (χ1v) is 21.2. The Bertz CT molecular complexity index is 2270. The third kappa shape index (κ3) is 9.25. The van der Waals surface area contributed by atoms with E-state index in [0.717, 1.165) is 90.0 Å². The number of aromatic nitrogens is 2. The van der Waals surface area contributed by atoms with Crippen LogP contribution < -0.4 is 10.2 Å². The average Bonchev–Trinajstić information content (AvgIpc) is 3.62.